The van der Waals surface area contributed by atoms with Gasteiger partial charge in [0.1, 0.15) is 19.3 Å². The number of esters is 1. The highest BCUT2D eigenvalue weighted by atomic mass is 31.2. The van der Waals surface area contributed by atoms with Gasteiger partial charge in [0.15, 0.2) is 0 Å². The first-order valence-electron chi connectivity index (χ1n) is 20.8. The van der Waals surface area contributed by atoms with E-state index < -0.39 is 13.9 Å². The molecule has 0 radical (unpaired) electrons. The van der Waals surface area contributed by atoms with Crippen LogP contribution in [0.4, 0.5) is 0 Å². The van der Waals surface area contributed by atoms with Gasteiger partial charge in [0.25, 0.3) is 0 Å². The first-order chi connectivity index (χ1) is 23.6. The van der Waals surface area contributed by atoms with Crippen LogP contribution in [0, 0.1) is 0 Å². The van der Waals surface area contributed by atoms with Crippen LogP contribution in [0.15, 0.2) is 0 Å². The molecule has 0 heterocycles. The molecule has 0 bridgehead atoms. The topological polar surface area (TPSA) is 91.3 Å². The summed E-state index contributed by atoms with van der Waals surface area (Å²) in [5.74, 6) is -0.314. The van der Waals surface area contributed by atoms with Gasteiger partial charge in [-0.15, -0.1) is 0 Å². The summed E-state index contributed by atoms with van der Waals surface area (Å²) in [6.45, 7) is 5.63. The molecule has 0 aromatic carbocycles. The van der Waals surface area contributed by atoms with E-state index in [4.69, 9.17) is 18.5 Å². The van der Waals surface area contributed by atoms with Crippen molar-refractivity contribution in [2.75, 3.05) is 54.1 Å². The third-order valence-corrected chi connectivity index (χ3v) is 10.2. The number of likely N-dealkylation sites (N-methyl/N-ethyl adjacent to an activating group) is 1. The number of carbonyl (C=O) groups is 1. The van der Waals surface area contributed by atoms with Gasteiger partial charge in [-0.25, -0.2) is 4.57 Å². The average Bonchev–Trinajstić information content (AvgIpc) is 3.04. The van der Waals surface area contributed by atoms with Crippen molar-refractivity contribution in [3.05, 3.63) is 0 Å². The second kappa shape index (κ2) is 34.6. The molecule has 8 nitrogen and oxygen atoms in total. The van der Waals surface area contributed by atoms with Crippen LogP contribution in [-0.4, -0.2) is 75.6 Å². The third-order valence-electron chi connectivity index (χ3n) is 9.17. The van der Waals surface area contributed by atoms with E-state index in [9.17, 15) is 14.3 Å². The number of carbonyl (C=O) groups excluding carboxylic acids is 1. The molecule has 0 aliphatic rings. The third kappa shape index (κ3) is 38.6. The Balaban J connectivity index is 4.08. The smallest absolute Gasteiger partial charge is 0.457 e. The Hall–Kier alpha value is -0.500. The summed E-state index contributed by atoms with van der Waals surface area (Å²) in [5.41, 5.74) is 0. The maximum absolute atomic E-state index is 12.6. The number of unbranched alkanes of at least 4 members (excludes halogenated alkanes) is 25. The zero-order valence-electron chi connectivity index (χ0n) is 33.2. The molecule has 0 aromatic heterocycles. The Morgan fingerprint density at radius 1 is 0.551 bits per heavy atom. The molecule has 0 aliphatic heterocycles. The van der Waals surface area contributed by atoms with E-state index in [1.165, 1.54) is 141 Å². The maximum Gasteiger partial charge on any atom is 0.472 e. The van der Waals surface area contributed by atoms with Crippen molar-refractivity contribution in [2.45, 2.75) is 200 Å². The molecular weight excluding hydrogens is 637 g/mol. The summed E-state index contributed by atoms with van der Waals surface area (Å²) >= 11 is 0. The number of rotatable bonds is 39. The summed E-state index contributed by atoms with van der Waals surface area (Å²) in [5, 5.41) is 0. The second-order valence-corrected chi connectivity index (χ2v) is 16.8. The molecular formula is C40H83NO7P+. The van der Waals surface area contributed by atoms with Gasteiger partial charge in [-0.2, -0.15) is 0 Å². The summed E-state index contributed by atoms with van der Waals surface area (Å²) in [4.78, 5) is 22.7. The van der Waals surface area contributed by atoms with Crippen molar-refractivity contribution in [2.24, 2.45) is 0 Å². The van der Waals surface area contributed by atoms with Gasteiger partial charge in [0.2, 0.25) is 0 Å². The van der Waals surface area contributed by atoms with Gasteiger partial charge >= 0.3 is 13.8 Å². The Kier molecular flexibility index (Phi) is 34.2. The van der Waals surface area contributed by atoms with E-state index in [1.54, 1.807) is 0 Å². The molecule has 0 aliphatic carbocycles. The first-order valence-corrected chi connectivity index (χ1v) is 22.3. The number of nitrogens with zero attached hydrogens (tertiary/aromatic N) is 1. The highest BCUT2D eigenvalue weighted by Crippen LogP contribution is 2.43. The van der Waals surface area contributed by atoms with Gasteiger partial charge in [0.05, 0.1) is 34.4 Å². The predicted octanol–water partition coefficient (Wildman–Crippen LogP) is 11.7. The molecule has 0 fully saturated rings. The summed E-state index contributed by atoms with van der Waals surface area (Å²) in [6, 6.07) is 0. The fourth-order valence-corrected chi connectivity index (χ4v) is 6.65. The predicted molar refractivity (Wildman–Crippen MR) is 206 cm³/mol. The largest absolute Gasteiger partial charge is 0.472 e. The lowest BCUT2D eigenvalue weighted by Gasteiger charge is -2.24. The molecule has 0 saturated heterocycles. The van der Waals surface area contributed by atoms with Crippen LogP contribution < -0.4 is 0 Å². The molecule has 9 heteroatoms. The van der Waals surface area contributed by atoms with Crippen LogP contribution in [0.1, 0.15) is 194 Å². The molecule has 0 rings (SSSR count). The van der Waals surface area contributed by atoms with Crippen LogP contribution in [0.2, 0.25) is 0 Å². The molecule has 294 valence electrons. The zero-order valence-corrected chi connectivity index (χ0v) is 34.1. The van der Waals surface area contributed by atoms with Crippen molar-refractivity contribution >= 4 is 13.8 Å². The van der Waals surface area contributed by atoms with E-state index in [2.05, 4.69) is 13.8 Å². The lowest BCUT2D eigenvalue weighted by molar-refractivity contribution is -0.870. The Morgan fingerprint density at radius 3 is 1.35 bits per heavy atom. The van der Waals surface area contributed by atoms with Gasteiger partial charge in [-0.05, 0) is 12.8 Å². The monoisotopic (exact) mass is 721 g/mol. The summed E-state index contributed by atoms with van der Waals surface area (Å²) < 4.78 is 34.8. The molecule has 2 atom stereocenters. The molecule has 49 heavy (non-hydrogen) atoms. The van der Waals surface area contributed by atoms with Crippen molar-refractivity contribution in [1.82, 2.24) is 0 Å². The van der Waals surface area contributed by atoms with Crippen LogP contribution in [-0.2, 0) is 27.9 Å². The number of hydrogen-bond acceptors (Lipinski definition) is 6. The van der Waals surface area contributed by atoms with Crippen LogP contribution in [0.3, 0.4) is 0 Å². The molecule has 0 saturated carbocycles. The standard InChI is InChI=1S/C40H82NO7P/c1-6-8-10-12-14-16-17-18-19-20-21-22-23-24-25-26-28-30-32-35-45-37-39(38-47-49(43,44)46-36-34-41(3,4)5)48-40(42)33-31-29-27-15-13-11-9-7-2/h39H,6-38H2,1-5H3/p+1. The Bertz CT molecular complexity index is 761. The molecule has 2 unspecified atom stereocenters. The fraction of sp³-hybridized carbons (Fsp3) is 0.975. The maximum atomic E-state index is 12.6. The summed E-state index contributed by atoms with van der Waals surface area (Å²) in [6.07, 6.45) is 34.3. The number of ether oxygens (including phenoxy) is 2. The lowest BCUT2D eigenvalue weighted by atomic mass is 10.0. The second-order valence-electron chi connectivity index (χ2n) is 15.4. The first kappa shape index (κ1) is 48.5. The van der Waals surface area contributed by atoms with E-state index >= 15 is 0 Å². The van der Waals surface area contributed by atoms with Crippen molar-refractivity contribution < 1.29 is 37.3 Å². The minimum absolute atomic E-state index is 0.0933. The van der Waals surface area contributed by atoms with Gasteiger partial charge in [-0.1, -0.05) is 174 Å². The van der Waals surface area contributed by atoms with Gasteiger partial charge in [0, 0.05) is 13.0 Å². The summed E-state index contributed by atoms with van der Waals surface area (Å²) in [7, 11) is 1.68. The zero-order chi connectivity index (χ0) is 36.3. The van der Waals surface area contributed by atoms with Gasteiger partial charge < -0.3 is 18.9 Å². The molecule has 1 N–H and O–H groups in total. The fourth-order valence-electron chi connectivity index (χ4n) is 5.91. The normalized spacial score (nSPS) is 13.8. The van der Waals surface area contributed by atoms with Crippen molar-refractivity contribution in [1.29, 1.82) is 0 Å². The van der Waals surface area contributed by atoms with E-state index in [0.29, 0.717) is 24.1 Å². The van der Waals surface area contributed by atoms with E-state index in [0.717, 1.165) is 32.1 Å². The number of hydrogen-bond donors (Lipinski definition) is 1. The van der Waals surface area contributed by atoms with Crippen molar-refractivity contribution in [3.8, 4) is 0 Å². The Labute approximate surface area is 304 Å². The number of quaternary nitrogens is 1. The minimum atomic E-state index is -4.26. The number of phosphoric ester groups is 1. The number of phosphoric acid groups is 1. The average molecular weight is 721 g/mol. The molecule has 0 amide bonds. The highest BCUT2D eigenvalue weighted by Gasteiger charge is 2.26. The van der Waals surface area contributed by atoms with Crippen LogP contribution >= 0.6 is 7.82 Å². The molecule has 0 aromatic rings. The Morgan fingerprint density at radius 2 is 0.939 bits per heavy atom. The van der Waals surface area contributed by atoms with Crippen LogP contribution in [0.5, 0.6) is 0 Å². The van der Waals surface area contributed by atoms with Gasteiger partial charge in [-0.3, -0.25) is 13.8 Å². The minimum Gasteiger partial charge on any atom is -0.457 e. The quantitative estimate of drug-likeness (QED) is 0.0292. The lowest BCUT2D eigenvalue weighted by Crippen LogP contribution is -2.37. The SMILES string of the molecule is CCCCCCCCCCCCCCCCCCCCCOCC(COP(=O)(O)OCC[N+](C)(C)C)OC(=O)CCCCCCCCCC. The van der Waals surface area contributed by atoms with Crippen molar-refractivity contribution in [3.63, 3.8) is 0 Å². The highest BCUT2D eigenvalue weighted by molar-refractivity contribution is 7.47. The van der Waals surface area contributed by atoms with E-state index in [-0.39, 0.29) is 25.8 Å². The van der Waals surface area contributed by atoms with Crippen LogP contribution in [0.25, 0.3) is 0 Å². The van der Waals surface area contributed by atoms with E-state index in [1.807, 2.05) is 21.1 Å². The molecule has 0 spiro atoms.